The molecule has 3 rings (SSSR count). The van der Waals surface area contributed by atoms with E-state index in [1.54, 1.807) is 0 Å². The van der Waals surface area contributed by atoms with Gasteiger partial charge in [-0.3, -0.25) is 4.68 Å². The summed E-state index contributed by atoms with van der Waals surface area (Å²) < 4.78 is 3.06. The van der Waals surface area contributed by atoms with Gasteiger partial charge >= 0.3 is 0 Å². The van der Waals surface area contributed by atoms with Crippen molar-refractivity contribution in [3.63, 3.8) is 0 Å². The third-order valence-electron chi connectivity index (χ3n) is 4.15. The van der Waals surface area contributed by atoms with Gasteiger partial charge in [-0.1, -0.05) is 25.1 Å². The maximum atomic E-state index is 10.1. The second kappa shape index (κ2) is 5.81. The first-order chi connectivity index (χ1) is 10.1. The van der Waals surface area contributed by atoms with Gasteiger partial charge in [0.1, 0.15) is 0 Å². The summed E-state index contributed by atoms with van der Waals surface area (Å²) in [5.41, 5.74) is 4.43. The van der Waals surface area contributed by atoms with Crippen molar-refractivity contribution in [2.24, 2.45) is 7.05 Å². The number of fused-ring (bicyclic) bond motifs is 1. The summed E-state index contributed by atoms with van der Waals surface area (Å²) in [4.78, 5) is 2.32. The molecule has 1 aliphatic heterocycles. The molecule has 0 fully saturated rings. The lowest BCUT2D eigenvalue weighted by atomic mass is 9.99. The van der Waals surface area contributed by atoms with Crippen molar-refractivity contribution >= 4 is 21.6 Å². The highest BCUT2D eigenvalue weighted by Gasteiger charge is 2.25. The largest absolute Gasteiger partial charge is 0.388 e. The summed E-state index contributed by atoms with van der Waals surface area (Å²) >= 11 is 3.68. The predicted octanol–water partition coefficient (Wildman–Crippen LogP) is 3.19. The zero-order valence-corrected chi connectivity index (χ0v) is 14.0. The smallest absolute Gasteiger partial charge is 0.0826 e. The van der Waals surface area contributed by atoms with E-state index in [4.69, 9.17) is 0 Å². The number of aryl methyl sites for hydroxylation is 2. The zero-order valence-electron chi connectivity index (χ0n) is 12.4. The van der Waals surface area contributed by atoms with Crippen molar-refractivity contribution in [3.8, 4) is 0 Å². The van der Waals surface area contributed by atoms with Gasteiger partial charge in [-0.25, -0.2) is 0 Å². The molecule has 0 saturated heterocycles. The molecule has 1 atom stereocenters. The van der Waals surface area contributed by atoms with Crippen LogP contribution in [0.4, 0.5) is 5.69 Å². The first-order valence-electron chi connectivity index (χ1n) is 7.34. The maximum Gasteiger partial charge on any atom is 0.0826 e. The highest BCUT2D eigenvalue weighted by atomic mass is 79.9. The van der Waals surface area contributed by atoms with Crippen molar-refractivity contribution in [3.05, 3.63) is 45.7 Å². The summed E-state index contributed by atoms with van der Waals surface area (Å²) in [6.07, 6.45) is 1.34. The zero-order chi connectivity index (χ0) is 15.0. The van der Waals surface area contributed by atoms with Crippen molar-refractivity contribution in [2.75, 3.05) is 11.4 Å². The van der Waals surface area contributed by atoms with Crippen LogP contribution in [-0.4, -0.2) is 21.4 Å². The van der Waals surface area contributed by atoms with Gasteiger partial charge in [0.2, 0.25) is 0 Å². The molecule has 0 bridgehead atoms. The number of hydrogen-bond acceptors (Lipinski definition) is 3. The Balaban J connectivity index is 1.93. The average molecular weight is 350 g/mol. The van der Waals surface area contributed by atoms with Gasteiger partial charge in [-0.2, -0.15) is 5.10 Å². The Labute approximate surface area is 133 Å². The lowest BCUT2D eigenvalue weighted by molar-refractivity contribution is 0.164. The molecule has 4 nitrogen and oxygen atoms in total. The van der Waals surface area contributed by atoms with Crippen LogP contribution in [0.5, 0.6) is 0 Å². The summed E-state index contributed by atoms with van der Waals surface area (Å²) in [7, 11) is 1.99. The molecule has 1 aliphatic rings. The summed E-state index contributed by atoms with van der Waals surface area (Å²) in [6.45, 7) is 3.77. The van der Waals surface area contributed by atoms with E-state index in [-0.39, 0.29) is 6.10 Å². The third-order valence-corrected chi connectivity index (χ3v) is 5.07. The fourth-order valence-electron chi connectivity index (χ4n) is 2.95. The normalized spacial score (nSPS) is 17.9. The Morgan fingerprint density at radius 3 is 2.86 bits per heavy atom. The van der Waals surface area contributed by atoms with Crippen LogP contribution < -0.4 is 4.90 Å². The van der Waals surface area contributed by atoms with E-state index in [9.17, 15) is 5.11 Å². The summed E-state index contributed by atoms with van der Waals surface area (Å²) in [6, 6.07) is 8.12. The van der Waals surface area contributed by atoms with Gasteiger partial charge in [0.05, 0.1) is 28.5 Å². The molecule has 0 spiro atoms. The van der Waals surface area contributed by atoms with E-state index < -0.39 is 0 Å². The number of aliphatic hydroxyl groups excluding tert-OH is 1. The minimum atomic E-state index is -0.348. The molecule has 21 heavy (non-hydrogen) atoms. The Morgan fingerprint density at radius 1 is 1.38 bits per heavy atom. The third kappa shape index (κ3) is 2.60. The molecule has 1 aromatic heterocycles. The second-order valence-electron chi connectivity index (χ2n) is 5.47. The SMILES string of the molecule is CCc1nn(C)c(CN2CCC(O)c3ccccc32)c1Br. The number of para-hydroxylation sites is 1. The van der Waals surface area contributed by atoms with Crippen LogP contribution in [0.1, 0.15) is 36.4 Å². The van der Waals surface area contributed by atoms with Crippen LogP contribution >= 0.6 is 15.9 Å². The molecular formula is C16H20BrN3O. The molecule has 0 saturated carbocycles. The lowest BCUT2D eigenvalue weighted by Crippen LogP contribution is -2.31. The van der Waals surface area contributed by atoms with E-state index in [2.05, 4.69) is 38.9 Å². The fourth-order valence-corrected chi connectivity index (χ4v) is 3.69. The Bertz CT molecular complexity index is 653. The molecule has 0 radical (unpaired) electrons. The first kappa shape index (κ1) is 14.6. The van der Waals surface area contributed by atoms with Crippen LogP contribution in [0.3, 0.4) is 0 Å². The molecule has 112 valence electrons. The summed E-state index contributed by atoms with van der Waals surface area (Å²) in [5.74, 6) is 0. The van der Waals surface area contributed by atoms with E-state index in [0.29, 0.717) is 0 Å². The van der Waals surface area contributed by atoms with E-state index in [0.717, 1.165) is 47.3 Å². The van der Waals surface area contributed by atoms with Crippen LogP contribution in [0, 0.1) is 0 Å². The number of rotatable bonds is 3. The van der Waals surface area contributed by atoms with Crippen molar-refractivity contribution < 1.29 is 5.11 Å². The van der Waals surface area contributed by atoms with E-state index >= 15 is 0 Å². The number of hydrogen-bond donors (Lipinski definition) is 1. The van der Waals surface area contributed by atoms with Crippen molar-refractivity contribution in [2.45, 2.75) is 32.4 Å². The minimum absolute atomic E-state index is 0.348. The van der Waals surface area contributed by atoms with Crippen molar-refractivity contribution in [1.82, 2.24) is 9.78 Å². The Kier molecular flexibility index (Phi) is 4.04. The highest BCUT2D eigenvalue weighted by molar-refractivity contribution is 9.10. The number of benzene rings is 1. The molecule has 0 aliphatic carbocycles. The standard InChI is InChI=1S/C16H20BrN3O/c1-3-12-16(17)14(19(2)18-12)10-20-9-8-15(21)11-6-4-5-7-13(11)20/h4-7,15,21H,3,8-10H2,1-2H3. The highest BCUT2D eigenvalue weighted by Crippen LogP contribution is 2.35. The quantitative estimate of drug-likeness (QED) is 0.924. The monoisotopic (exact) mass is 349 g/mol. The predicted molar refractivity (Wildman–Crippen MR) is 87.4 cm³/mol. The Morgan fingerprint density at radius 2 is 2.14 bits per heavy atom. The van der Waals surface area contributed by atoms with Gasteiger partial charge in [0.25, 0.3) is 0 Å². The van der Waals surface area contributed by atoms with Gasteiger partial charge in [-0.15, -0.1) is 0 Å². The molecule has 2 heterocycles. The minimum Gasteiger partial charge on any atom is -0.388 e. The lowest BCUT2D eigenvalue weighted by Gasteiger charge is -2.33. The van der Waals surface area contributed by atoms with E-state index in [1.165, 1.54) is 5.69 Å². The average Bonchev–Trinajstić information content (AvgIpc) is 2.77. The van der Waals surface area contributed by atoms with Gasteiger partial charge in [-0.05, 0) is 34.8 Å². The van der Waals surface area contributed by atoms with Crippen LogP contribution in [0.2, 0.25) is 0 Å². The van der Waals surface area contributed by atoms with Crippen molar-refractivity contribution in [1.29, 1.82) is 0 Å². The number of anilines is 1. The molecule has 1 unspecified atom stereocenters. The fraction of sp³-hybridized carbons (Fsp3) is 0.438. The summed E-state index contributed by atoms with van der Waals surface area (Å²) in [5, 5.41) is 14.7. The molecule has 1 N–H and O–H groups in total. The molecule has 2 aromatic rings. The van der Waals surface area contributed by atoms with Gasteiger partial charge in [0, 0.05) is 24.8 Å². The molecule has 0 amide bonds. The number of halogens is 1. The van der Waals surface area contributed by atoms with Crippen LogP contribution in [0.15, 0.2) is 28.7 Å². The first-order valence-corrected chi connectivity index (χ1v) is 8.13. The van der Waals surface area contributed by atoms with E-state index in [1.807, 2.05) is 29.9 Å². The topological polar surface area (TPSA) is 41.3 Å². The van der Waals surface area contributed by atoms with Gasteiger partial charge < -0.3 is 10.0 Å². The molecular weight excluding hydrogens is 330 g/mol. The number of aromatic nitrogens is 2. The number of nitrogens with zero attached hydrogens (tertiary/aromatic N) is 3. The number of aliphatic hydroxyl groups is 1. The van der Waals surface area contributed by atoms with Crippen LogP contribution in [-0.2, 0) is 20.0 Å². The maximum absolute atomic E-state index is 10.1. The van der Waals surface area contributed by atoms with Gasteiger partial charge in [0.15, 0.2) is 0 Å². The Hall–Kier alpha value is -1.33. The molecule has 1 aromatic carbocycles. The van der Waals surface area contributed by atoms with Crippen LogP contribution in [0.25, 0.3) is 0 Å². The second-order valence-corrected chi connectivity index (χ2v) is 6.26. The molecule has 5 heteroatoms.